The van der Waals surface area contributed by atoms with E-state index in [-0.39, 0.29) is 18.1 Å². The van der Waals surface area contributed by atoms with Gasteiger partial charge in [0.2, 0.25) is 5.91 Å². The van der Waals surface area contributed by atoms with Crippen LogP contribution in [-0.4, -0.2) is 41.4 Å². The molecular formula is C24H22N2O5S. The minimum Gasteiger partial charge on any atom is -0.494 e. The van der Waals surface area contributed by atoms with Crippen molar-refractivity contribution in [3.8, 4) is 11.8 Å². The second-order valence-corrected chi connectivity index (χ2v) is 8.46. The molecule has 2 aliphatic heterocycles. The van der Waals surface area contributed by atoms with E-state index in [1.165, 1.54) is 23.8 Å². The van der Waals surface area contributed by atoms with Crippen molar-refractivity contribution in [2.45, 2.75) is 25.0 Å². The fourth-order valence-corrected chi connectivity index (χ4v) is 5.44. The van der Waals surface area contributed by atoms with Crippen LogP contribution in [0.3, 0.4) is 0 Å². The number of methoxy groups -OCH3 is 1. The first kappa shape index (κ1) is 21.9. The maximum atomic E-state index is 13.2. The molecule has 1 N–H and O–H groups in total. The predicted octanol–water partition coefficient (Wildman–Crippen LogP) is 3.52. The van der Waals surface area contributed by atoms with Gasteiger partial charge in [0.05, 0.1) is 41.7 Å². The van der Waals surface area contributed by atoms with Crippen LogP contribution in [0.2, 0.25) is 0 Å². The van der Waals surface area contributed by atoms with Crippen LogP contribution in [0.1, 0.15) is 40.7 Å². The Bertz CT molecular complexity index is 1120. The number of carbonyl (C=O) groups is 2. The molecule has 8 heteroatoms. The van der Waals surface area contributed by atoms with Gasteiger partial charge in [-0.2, -0.15) is 5.26 Å². The maximum Gasteiger partial charge on any atom is 0.337 e. The summed E-state index contributed by atoms with van der Waals surface area (Å²) in [5.74, 6) is -0.253. The molecule has 4 rings (SSSR count). The standard InChI is InChI=1S/C24H22N2O5S/c1-3-31-18-10-8-17(9-11-18)24(29)14-32-22-20(13-25)19(12-21(27)26(22)24)15-4-6-16(7-5-15)23(28)30-2/h4-11,19,29H,3,12,14H2,1-2H3/t19-,24-/m1/s1. The van der Waals surface area contributed by atoms with Gasteiger partial charge in [-0.3, -0.25) is 9.69 Å². The summed E-state index contributed by atoms with van der Waals surface area (Å²) in [6.07, 6.45) is 0.0455. The number of rotatable bonds is 5. The van der Waals surface area contributed by atoms with Gasteiger partial charge in [0.15, 0.2) is 5.72 Å². The molecule has 2 atom stereocenters. The maximum absolute atomic E-state index is 13.2. The van der Waals surface area contributed by atoms with Crippen molar-refractivity contribution in [1.29, 1.82) is 5.26 Å². The quantitative estimate of drug-likeness (QED) is 0.696. The number of hydrogen-bond acceptors (Lipinski definition) is 7. The molecule has 0 saturated carbocycles. The molecule has 0 unspecified atom stereocenters. The lowest BCUT2D eigenvalue weighted by Crippen LogP contribution is -2.48. The van der Waals surface area contributed by atoms with Gasteiger partial charge in [-0.1, -0.05) is 24.3 Å². The minimum atomic E-state index is -1.54. The van der Waals surface area contributed by atoms with Crippen molar-refractivity contribution >= 4 is 23.6 Å². The molecule has 1 amide bonds. The molecule has 2 aliphatic rings. The van der Waals surface area contributed by atoms with E-state index in [0.717, 1.165) is 5.56 Å². The van der Waals surface area contributed by atoms with Crippen LogP contribution >= 0.6 is 11.8 Å². The van der Waals surface area contributed by atoms with Crippen LogP contribution in [0.5, 0.6) is 5.75 Å². The van der Waals surface area contributed by atoms with Crippen LogP contribution in [-0.2, 0) is 15.3 Å². The molecule has 7 nitrogen and oxygen atoms in total. The first-order chi connectivity index (χ1) is 15.4. The second kappa shape index (κ2) is 8.69. The van der Waals surface area contributed by atoms with Crippen LogP contribution in [0.4, 0.5) is 0 Å². The van der Waals surface area contributed by atoms with Crippen LogP contribution in [0.15, 0.2) is 59.1 Å². The number of benzene rings is 2. The number of fused-ring (bicyclic) bond motifs is 1. The molecule has 164 valence electrons. The Labute approximate surface area is 190 Å². The van der Waals surface area contributed by atoms with Crippen LogP contribution < -0.4 is 4.74 Å². The highest BCUT2D eigenvalue weighted by atomic mass is 32.2. The number of nitrogens with zero attached hydrogens (tertiary/aromatic N) is 2. The van der Waals surface area contributed by atoms with E-state index in [1.54, 1.807) is 48.5 Å². The molecule has 0 radical (unpaired) electrons. The van der Waals surface area contributed by atoms with Crippen molar-refractivity contribution < 1.29 is 24.2 Å². The lowest BCUT2D eigenvalue weighted by Gasteiger charge is -2.38. The summed E-state index contributed by atoms with van der Waals surface area (Å²) >= 11 is 1.30. The number of allylic oxidation sites excluding steroid dienone is 1. The monoisotopic (exact) mass is 450 g/mol. The van der Waals surface area contributed by atoms with Crippen molar-refractivity contribution in [1.82, 2.24) is 4.90 Å². The average Bonchev–Trinajstić information content (AvgIpc) is 3.18. The molecule has 0 bridgehead atoms. The Morgan fingerprint density at radius 3 is 2.53 bits per heavy atom. The molecular weight excluding hydrogens is 428 g/mol. The van der Waals surface area contributed by atoms with Gasteiger partial charge in [-0.25, -0.2) is 4.79 Å². The summed E-state index contributed by atoms with van der Waals surface area (Å²) in [4.78, 5) is 26.3. The Morgan fingerprint density at radius 2 is 1.94 bits per heavy atom. The highest BCUT2D eigenvalue weighted by molar-refractivity contribution is 8.03. The second-order valence-electron chi connectivity index (χ2n) is 7.49. The van der Waals surface area contributed by atoms with Gasteiger partial charge in [0.25, 0.3) is 0 Å². The first-order valence-corrected chi connectivity index (χ1v) is 11.2. The van der Waals surface area contributed by atoms with Crippen molar-refractivity contribution in [2.75, 3.05) is 19.5 Å². The highest BCUT2D eigenvalue weighted by Gasteiger charge is 2.51. The molecule has 1 saturated heterocycles. The van der Waals surface area contributed by atoms with Gasteiger partial charge in [-0.05, 0) is 36.8 Å². The lowest BCUT2D eigenvalue weighted by molar-refractivity contribution is -0.149. The predicted molar refractivity (Wildman–Crippen MR) is 119 cm³/mol. The van der Waals surface area contributed by atoms with Gasteiger partial charge in [0, 0.05) is 17.9 Å². The van der Waals surface area contributed by atoms with E-state index in [9.17, 15) is 20.0 Å². The summed E-state index contributed by atoms with van der Waals surface area (Å²) in [5, 5.41) is 21.9. The molecule has 0 aromatic heterocycles. The van der Waals surface area contributed by atoms with Gasteiger partial charge in [0.1, 0.15) is 5.75 Å². The topological polar surface area (TPSA) is 99.9 Å². The van der Waals surface area contributed by atoms with Crippen molar-refractivity contribution in [2.24, 2.45) is 0 Å². The van der Waals surface area contributed by atoms with E-state index in [2.05, 4.69) is 6.07 Å². The molecule has 1 fully saturated rings. The Balaban J connectivity index is 1.69. The third kappa shape index (κ3) is 3.64. The Morgan fingerprint density at radius 1 is 1.25 bits per heavy atom. The van der Waals surface area contributed by atoms with Gasteiger partial charge < -0.3 is 14.6 Å². The number of ether oxygens (including phenoxy) is 2. The van der Waals surface area contributed by atoms with Crippen LogP contribution in [0.25, 0.3) is 0 Å². The van der Waals surface area contributed by atoms with Gasteiger partial charge in [-0.15, -0.1) is 11.8 Å². The largest absolute Gasteiger partial charge is 0.494 e. The van der Waals surface area contributed by atoms with Crippen LogP contribution in [0, 0.1) is 11.3 Å². The number of carbonyl (C=O) groups excluding carboxylic acids is 2. The molecule has 0 spiro atoms. The summed E-state index contributed by atoms with van der Waals surface area (Å²) in [7, 11) is 1.31. The molecule has 0 aliphatic carbocycles. The zero-order chi connectivity index (χ0) is 22.9. The highest BCUT2D eigenvalue weighted by Crippen LogP contribution is 2.51. The smallest absolute Gasteiger partial charge is 0.337 e. The van der Waals surface area contributed by atoms with Gasteiger partial charge >= 0.3 is 5.97 Å². The Hall–Kier alpha value is -3.28. The van der Waals surface area contributed by atoms with E-state index in [1.807, 2.05) is 6.92 Å². The number of hydrogen-bond donors (Lipinski definition) is 1. The minimum absolute atomic E-state index is 0.0455. The summed E-state index contributed by atoms with van der Waals surface area (Å²) in [6.45, 7) is 2.42. The third-order valence-electron chi connectivity index (χ3n) is 5.67. The summed E-state index contributed by atoms with van der Waals surface area (Å²) < 4.78 is 10.2. The molecule has 2 heterocycles. The van der Waals surface area contributed by atoms with E-state index in [0.29, 0.717) is 34.1 Å². The number of thioether (sulfide) groups is 1. The number of aliphatic hydroxyl groups is 1. The number of nitriles is 1. The lowest BCUT2D eigenvalue weighted by atomic mass is 9.85. The average molecular weight is 451 g/mol. The van der Waals surface area contributed by atoms with E-state index < -0.39 is 17.6 Å². The summed E-state index contributed by atoms with van der Waals surface area (Å²) in [6, 6.07) is 16.0. The first-order valence-electron chi connectivity index (χ1n) is 10.2. The Kier molecular flexibility index (Phi) is 5.96. The van der Waals surface area contributed by atoms with E-state index in [4.69, 9.17) is 9.47 Å². The van der Waals surface area contributed by atoms with Crippen molar-refractivity contribution in [3.63, 3.8) is 0 Å². The van der Waals surface area contributed by atoms with Crippen molar-refractivity contribution in [3.05, 3.63) is 75.8 Å². The molecule has 32 heavy (non-hydrogen) atoms. The summed E-state index contributed by atoms with van der Waals surface area (Å²) in [5.41, 5.74) is 0.610. The number of esters is 1. The normalized spacial score (nSPS) is 22.4. The zero-order valence-corrected chi connectivity index (χ0v) is 18.5. The SMILES string of the molecule is CCOc1ccc([C@]2(O)CSC3=C(C#N)[C@@H](c4ccc(C(=O)OC)cc4)CC(=O)N32)cc1. The molecule has 2 aromatic rings. The number of amides is 1. The fourth-order valence-electron chi connectivity index (χ4n) is 4.08. The van der Waals surface area contributed by atoms with E-state index >= 15 is 0 Å². The third-order valence-corrected chi connectivity index (χ3v) is 6.90. The molecule has 2 aromatic carbocycles. The fraction of sp³-hybridized carbons (Fsp3) is 0.292. The zero-order valence-electron chi connectivity index (χ0n) is 17.7.